The molecular weight excluding hydrogens is 308 g/mol. The molecule has 19 heavy (non-hydrogen) atoms. The summed E-state index contributed by atoms with van der Waals surface area (Å²) < 4.78 is 0.710. The largest absolute Gasteiger partial charge is 0.399 e. The van der Waals surface area contributed by atoms with Crippen molar-refractivity contribution in [2.24, 2.45) is 0 Å². The molecule has 1 amide bonds. The molecule has 4 N–H and O–H groups in total. The van der Waals surface area contributed by atoms with Gasteiger partial charge >= 0.3 is 0 Å². The number of carbonyl (C=O) groups is 1. The smallest absolute Gasteiger partial charge is 0.252 e. The van der Waals surface area contributed by atoms with E-state index in [0.29, 0.717) is 15.7 Å². The van der Waals surface area contributed by atoms with Gasteiger partial charge in [0, 0.05) is 10.2 Å². The van der Waals surface area contributed by atoms with Gasteiger partial charge in [0.2, 0.25) is 0 Å². The Hall–Kier alpha value is -1.07. The van der Waals surface area contributed by atoms with E-state index in [1.807, 2.05) is 0 Å². The second-order valence-electron chi connectivity index (χ2n) is 5.02. The highest BCUT2D eigenvalue weighted by atomic mass is 79.9. The summed E-state index contributed by atoms with van der Waals surface area (Å²) in [6.07, 6.45) is 4.31. The third-order valence-corrected chi connectivity index (χ3v) is 4.22. The maximum Gasteiger partial charge on any atom is 0.252 e. The van der Waals surface area contributed by atoms with Crippen molar-refractivity contribution >= 4 is 27.5 Å². The van der Waals surface area contributed by atoms with Crippen LogP contribution in [-0.2, 0) is 0 Å². The minimum atomic E-state index is -0.453. The number of rotatable bonds is 2. The van der Waals surface area contributed by atoms with Crippen LogP contribution in [0.4, 0.5) is 5.69 Å². The van der Waals surface area contributed by atoms with E-state index >= 15 is 0 Å². The first-order valence-electron chi connectivity index (χ1n) is 6.62. The van der Waals surface area contributed by atoms with Crippen molar-refractivity contribution in [3.63, 3.8) is 0 Å². The van der Waals surface area contributed by atoms with Crippen LogP contribution in [-0.4, -0.2) is 23.2 Å². The number of hydrogen-bond acceptors (Lipinski definition) is 3. The molecule has 0 aliphatic heterocycles. The van der Waals surface area contributed by atoms with Crippen molar-refractivity contribution in [2.45, 2.75) is 44.2 Å². The van der Waals surface area contributed by atoms with Gasteiger partial charge in [-0.2, -0.15) is 0 Å². The van der Waals surface area contributed by atoms with Gasteiger partial charge in [-0.3, -0.25) is 4.79 Å². The number of anilines is 1. The number of carbonyl (C=O) groups excluding carboxylic acids is 1. The van der Waals surface area contributed by atoms with Gasteiger partial charge in [0.25, 0.3) is 5.91 Å². The summed E-state index contributed by atoms with van der Waals surface area (Å²) in [5.41, 5.74) is 6.76. The molecule has 1 aliphatic rings. The Kier molecular flexibility index (Phi) is 4.82. The zero-order chi connectivity index (χ0) is 13.8. The Labute approximate surface area is 121 Å². The molecule has 2 unspecified atom stereocenters. The van der Waals surface area contributed by atoms with Crippen LogP contribution >= 0.6 is 15.9 Å². The number of benzene rings is 1. The van der Waals surface area contributed by atoms with E-state index in [4.69, 9.17) is 5.73 Å². The number of amides is 1. The lowest BCUT2D eigenvalue weighted by Crippen LogP contribution is -2.42. The predicted molar refractivity (Wildman–Crippen MR) is 78.9 cm³/mol. The molecule has 0 aromatic heterocycles. The van der Waals surface area contributed by atoms with Gasteiger partial charge in [-0.05, 0) is 47.0 Å². The molecule has 0 saturated heterocycles. The van der Waals surface area contributed by atoms with Crippen LogP contribution < -0.4 is 11.1 Å². The molecule has 0 spiro atoms. The summed E-state index contributed by atoms with van der Waals surface area (Å²) in [5, 5.41) is 12.9. The molecule has 5 heteroatoms. The Balaban J connectivity index is 2.09. The number of halogens is 1. The quantitative estimate of drug-likeness (QED) is 0.577. The van der Waals surface area contributed by atoms with E-state index < -0.39 is 6.10 Å². The summed E-state index contributed by atoms with van der Waals surface area (Å²) >= 11 is 3.35. The molecule has 2 atom stereocenters. The standard InChI is InChI=1S/C14H19BrN2O2/c15-11-7-6-9(16)8-10(11)14(19)17-12-4-2-1-3-5-13(12)18/h6-8,12-13,18H,1-5,16H2,(H,17,19). The SMILES string of the molecule is Nc1ccc(Br)c(C(=O)NC2CCCCCC2O)c1. The second kappa shape index (κ2) is 6.39. The van der Waals surface area contributed by atoms with Gasteiger partial charge in [-0.25, -0.2) is 0 Å². The topological polar surface area (TPSA) is 75.4 Å². The molecule has 1 saturated carbocycles. The van der Waals surface area contributed by atoms with Crippen LogP contribution in [0.3, 0.4) is 0 Å². The van der Waals surface area contributed by atoms with E-state index in [9.17, 15) is 9.90 Å². The maximum atomic E-state index is 12.2. The fraction of sp³-hybridized carbons (Fsp3) is 0.500. The molecule has 0 radical (unpaired) electrons. The zero-order valence-electron chi connectivity index (χ0n) is 10.7. The van der Waals surface area contributed by atoms with Gasteiger partial charge in [-0.1, -0.05) is 19.3 Å². The first-order valence-corrected chi connectivity index (χ1v) is 7.41. The highest BCUT2D eigenvalue weighted by Crippen LogP contribution is 2.22. The van der Waals surface area contributed by atoms with Crippen LogP contribution in [0.5, 0.6) is 0 Å². The van der Waals surface area contributed by atoms with Crippen molar-refractivity contribution < 1.29 is 9.90 Å². The van der Waals surface area contributed by atoms with E-state index in [1.165, 1.54) is 0 Å². The Morgan fingerprint density at radius 2 is 2.05 bits per heavy atom. The van der Waals surface area contributed by atoms with Gasteiger partial charge in [0.15, 0.2) is 0 Å². The van der Waals surface area contributed by atoms with Crippen LogP contribution in [0.25, 0.3) is 0 Å². The number of aliphatic hydroxyl groups excluding tert-OH is 1. The number of nitrogens with one attached hydrogen (secondary N) is 1. The molecule has 1 aromatic carbocycles. The van der Waals surface area contributed by atoms with Gasteiger partial charge in [-0.15, -0.1) is 0 Å². The molecular formula is C14H19BrN2O2. The predicted octanol–water partition coefficient (Wildman–Crippen LogP) is 2.45. The minimum absolute atomic E-state index is 0.164. The van der Waals surface area contributed by atoms with Crippen molar-refractivity contribution in [3.05, 3.63) is 28.2 Å². The Morgan fingerprint density at radius 3 is 2.84 bits per heavy atom. The van der Waals surface area contributed by atoms with Crippen molar-refractivity contribution in [1.29, 1.82) is 0 Å². The number of hydrogen-bond donors (Lipinski definition) is 3. The van der Waals surface area contributed by atoms with E-state index in [-0.39, 0.29) is 11.9 Å². The van der Waals surface area contributed by atoms with E-state index in [0.717, 1.165) is 32.1 Å². The summed E-state index contributed by atoms with van der Waals surface area (Å²) in [5.74, 6) is -0.190. The van der Waals surface area contributed by atoms with Crippen LogP contribution in [0.1, 0.15) is 42.5 Å². The van der Waals surface area contributed by atoms with Crippen molar-refractivity contribution in [3.8, 4) is 0 Å². The van der Waals surface area contributed by atoms with Gasteiger partial charge in [0.05, 0.1) is 17.7 Å². The fourth-order valence-corrected chi connectivity index (χ4v) is 2.85. The molecule has 104 valence electrons. The summed E-state index contributed by atoms with van der Waals surface area (Å²) in [7, 11) is 0. The third kappa shape index (κ3) is 3.70. The molecule has 4 nitrogen and oxygen atoms in total. The number of nitrogens with two attached hydrogens (primary N) is 1. The Morgan fingerprint density at radius 1 is 1.32 bits per heavy atom. The highest BCUT2D eigenvalue weighted by Gasteiger charge is 2.24. The minimum Gasteiger partial charge on any atom is -0.399 e. The number of nitrogen functional groups attached to an aromatic ring is 1. The average molecular weight is 327 g/mol. The van der Waals surface area contributed by atoms with E-state index in [1.54, 1.807) is 18.2 Å². The molecule has 1 aliphatic carbocycles. The third-order valence-electron chi connectivity index (χ3n) is 3.53. The fourth-order valence-electron chi connectivity index (χ4n) is 2.42. The van der Waals surface area contributed by atoms with Crippen molar-refractivity contribution in [2.75, 3.05) is 5.73 Å². The Bertz CT molecular complexity index is 465. The molecule has 0 bridgehead atoms. The summed E-state index contributed by atoms with van der Waals surface area (Å²) in [6.45, 7) is 0. The molecule has 1 fully saturated rings. The lowest BCUT2D eigenvalue weighted by molar-refractivity contribution is 0.0818. The second-order valence-corrected chi connectivity index (χ2v) is 5.88. The van der Waals surface area contributed by atoms with Crippen molar-refractivity contribution in [1.82, 2.24) is 5.32 Å². The maximum absolute atomic E-state index is 12.2. The molecule has 1 aromatic rings. The normalized spacial score (nSPS) is 23.7. The highest BCUT2D eigenvalue weighted by molar-refractivity contribution is 9.10. The monoisotopic (exact) mass is 326 g/mol. The van der Waals surface area contributed by atoms with Crippen LogP contribution in [0.15, 0.2) is 22.7 Å². The van der Waals surface area contributed by atoms with Gasteiger partial charge < -0.3 is 16.2 Å². The molecule has 2 rings (SSSR count). The first kappa shape index (κ1) is 14.3. The zero-order valence-corrected chi connectivity index (χ0v) is 12.3. The van der Waals surface area contributed by atoms with Gasteiger partial charge in [0.1, 0.15) is 0 Å². The number of aliphatic hydroxyl groups is 1. The molecule has 0 heterocycles. The van der Waals surface area contributed by atoms with Crippen LogP contribution in [0, 0.1) is 0 Å². The van der Waals surface area contributed by atoms with Crippen LogP contribution in [0.2, 0.25) is 0 Å². The lowest BCUT2D eigenvalue weighted by atomic mass is 10.1. The first-order chi connectivity index (χ1) is 9.08. The summed E-state index contributed by atoms with van der Waals surface area (Å²) in [6, 6.07) is 4.97. The van der Waals surface area contributed by atoms with E-state index in [2.05, 4.69) is 21.2 Å². The lowest BCUT2D eigenvalue weighted by Gasteiger charge is -2.22. The average Bonchev–Trinajstić information content (AvgIpc) is 2.58. The summed E-state index contributed by atoms with van der Waals surface area (Å²) in [4.78, 5) is 12.2.